The number of hydrogen-bond donors (Lipinski definition) is 0. The second-order valence-electron chi connectivity index (χ2n) is 3.10. The Labute approximate surface area is 87.5 Å². The van der Waals surface area contributed by atoms with Crippen LogP contribution < -0.4 is 0 Å². The highest BCUT2D eigenvalue weighted by molar-refractivity contribution is 6.17. The summed E-state index contributed by atoms with van der Waals surface area (Å²) in [4.78, 5) is 0. The summed E-state index contributed by atoms with van der Waals surface area (Å²) in [6, 6.07) is 7.99. The number of halogens is 1. The van der Waals surface area contributed by atoms with Gasteiger partial charge in [-0.3, -0.25) is 0 Å². The average molecular weight is 208 g/mol. The van der Waals surface area contributed by atoms with Crippen LogP contribution in [-0.4, -0.2) is 5.16 Å². The van der Waals surface area contributed by atoms with Crippen molar-refractivity contribution in [3.63, 3.8) is 0 Å². The van der Waals surface area contributed by atoms with Gasteiger partial charge in [0.15, 0.2) is 0 Å². The van der Waals surface area contributed by atoms with Crippen LogP contribution in [0.5, 0.6) is 0 Å². The summed E-state index contributed by atoms with van der Waals surface area (Å²) in [7, 11) is 0. The molecule has 0 bridgehead atoms. The Morgan fingerprint density at radius 1 is 1.29 bits per heavy atom. The number of rotatable bonds is 2. The lowest BCUT2D eigenvalue weighted by molar-refractivity contribution is 0.415. The molecule has 2 nitrogen and oxygen atoms in total. The molecule has 2 rings (SSSR count). The lowest BCUT2D eigenvalue weighted by Crippen LogP contribution is -1.86. The van der Waals surface area contributed by atoms with E-state index in [9.17, 15) is 0 Å². The topological polar surface area (TPSA) is 26.0 Å². The SMILES string of the molecule is Cc1nocc1-c1ccccc1CCl. The van der Waals surface area contributed by atoms with E-state index in [1.54, 1.807) is 6.26 Å². The second kappa shape index (κ2) is 3.84. The summed E-state index contributed by atoms with van der Waals surface area (Å²) < 4.78 is 4.91. The molecule has 0 aliphatic heterocycles. The fourth-order valence-electron chi connectivity index (χ4n) is 1.45. The van der Waals surface area contributed by atoms with Crippen molar-refractivity contribution in [2.24, 2.45) is 0 Å². The maximum atomic E-state index is 5.85. The molecule has 0 aliphatic rings. The van der Waals surface area contributed by atoms with E-state index < -0.39 is 0 Å². The third-order valence-electron chi connectivity index (χ3n) is 2.20. The van der Waals surface area contributed by atoms with Crippen LogP contribution in [0.3, 0.4) is 0 Å². The number of alkyl halides is 1. The molecule has 0 atom stereocenters. The van der Waals surface area contributed by atoms with E-state index in [0.717, 1.165) is 22.4 Å². The molecule has 1 heterocycles. The molecule has 0 amide bonds. The van der Waals surface area contributed by atoms with Crippen LogP contribution in [0.1, 0.15) is 11.3 Å². The van der Waals surface area contributed by atoms with Crippen LogP contribution in [0, 0.1) is 6.92 Å². The number of hydrogen-bond acceptors (Lipinski definition) is 2. The molecule has 0 spiro atoms. The fourth-order valence-corrected chi connectivity index (χ4v) is 1.68. The van der Waals surface area contributed by atoms with Crippen molar-refractivity contribution in [3.8, 4) is 11.1 Å². The molecule has 0 saturated heterocycles. The van der Waals surface area contributed by atoms with Crippen LogP contribution in [0.15, 0.2) is 35.1 Å². The summed E-state index contributed by atoms with van der Waals surface area (Å²) >= 11 is 5.85. The number of nitrogens with zero attached hydrogens (tertiary/aromatic N) is 1. The Hall–Kier alpha value is -1.28. The number of aromatic nitrogens is 1. The van der Waals surface area contributed by atoms with E-state index >= 15 is 0 Å². The van der Waals surface area contributed by atoms with E-state index in [-0.39, 0.29) is 0 Å². The Balaban J connectivity index is 2.56. The first kappa shape index (κ1) is 9.28. The first-order valence-corrected chi connectivity index (χ1v) is 4.91. The lowest BCUT2D eigenvalue weighted by Gasteiger charge is -2.03. The molecule has 1 aromatic carbocycles. The zero-order valence-corrected chi connectivity index (χ0v) is 8.58. The van der Waals surface area contributed by atoms with Crippen LogP contribution in [0.2, 0.25) is 0 Å². The smallest absolute Gasteiger partial charge is 0.131 e. The minimum absolute atomic E-state index is 0.501. The van der Waals surface area contributed by atoms with Gasteiger partial charge in [0, 0.05) is 11.4 Å². The predicted molar refractivity (Wildman–Crippen MR) is 56.2 cm³/mol. The molecule has 0 fully saturated rings. The highest BCUT2D eigenvalue weighted by atomic mass is 35.5. The fraction of sp³-hybridized carbons (Fsp3) is 0.182. The quantitative estimate of drug-likeness (QED) is 0.706. The molecule has 72 valence electrons. The van der Waals surface area contributed by atoms with Crippen molar-refractivity contribution in [1.82, 2.24) is 5.16 Å². The molecule has 0 saturated carbocycles. The zero-order valence-electron chi connectivity index (χ0n) is 7.83. The zero-order chi connectivity index (χ0) is 9.97. The number of benzene rings is 1. The van der Waals surface area contributed by atoms with Crippen LogP contribution in [0.25, 0.3) is 11.1 Å². The highest BCUT2D eigenvalue weighted by Gasteiger charge is 2.08. The summed E-state index contributed by atoms with van der Waals surface area (Å²) in [5.74, 6) is 0.501. The van der Waals surface area contributed by atoms with Gasteiger partial charge >= 0.3 is 0 Å². The van der Waals surface area contributed by atoms with Crippen LogP contribution in [-0.2, 0) is 5.88 Å². The van der Waals surface area contributed by atoms with Gasteiger partial charge in [0.25, 0.3) is 0 Å². The van der Waals surface area contributed by atoms with Crippen molar-refractivity contribution >= 4 is 11.6 Å². The van der Waals surface area contributed by atoms with Gasteiger partial charge in [-0.15, -0.1) is 11.6 Å². The second-order valence-corrected chi connectivity index (χ2v) is 3.37. The van der Waals surface area contributed by atoms with Crippen LogP contribution >= 0.6 is 11.6 Å². The highest BCUT2D eigenvalue weighted by Crippen LogP contribution is 2.26. The van der Waals surface area contributed by atoms with Gasteiger partial charge in [-0.25, -0.2) is 0 Å². The summed E-state index contributed by atoms with van der Waals surface area (Å²) in [5.41, 5.74) is 4.10. The average Bonchev–Trinajstić information content (AvgIpc) is 2.64. The maximum Gasteiger partial charge on any atom is 0.131 e. The Morgan fingerprint density at radius 2 is 2.07 bits per heavy atom. The molecular formula is C11H10ClNO. The lowest BCUT2D eigenvalue weighted by atomic mass is 10.0. The van der Waals surface area contributed by atoms with Gasteiger partial charge in [-0.1, -0.05) is 29.4 Å². The van der Waals surface area contributed by atoms with Crippen molar-refractivity contribution in [3.05, 3.63) is 41.8 Å². The minimum atomic E-state index is 0.501. The first-order valence-electron chi connectivity index (χ1n) is 4.38. The summed E-state index contributed by atoms with van der Waals surface area (Å²) in [6.45, 7) is 1.92. The molecule has 0 radical (unpaired) electrons. The van der Waals surface area contributed by atoms with Gasteiger partial charge in [0.1, 0.15) is 6.26 Å². The molecule has 3 heteroatoms. The molecule has 2 aromatic rings. The van der Waals surface area contributed by atoms with Gasteiger partial charge in [-0.2, -0.15) is 0 Å². The minimum Gasteiger partial charge on any atom is -0.364 e. The Bertz CT molecular complexity index is 436. The van der Waals surface area contributed by atoms with Crippen molar-refractivity contribution in [1.29, 1.82) is 0 Å². The third-order valence-corrected chi connectivity index (χ3v) is 2.49. The predicted octanol–water partition coefficient (Wildman–Crippen LogP) is 3.39. The number of aryl methyl sites for hydroxylation is 1. The molecule has 1 aromatic heterocycles. The van der Waals surface area contributed by atoms with Gasteiger partial charge in [0.05, 0.1) is 5.69 Å². The van der Waals surface area contributed by atoms with Gasteiger partial charge in [0.2, 0.25) is 0 Å². The Morgan fingerprint density at radius 3 is 2.71 bits per heavy atom. The Kier molecular flexibility index (Phi) is 2.55. The van der Waals surface area contributed by atoms with Crippen molar-refractivity contribution < 1.29 is 4.52 Å². The standard InChI is InChI=1S/C11H10ClNO/c1-8-11(7-14-13-8)10-5-3-2-4-9(10)6-12/h2-5,7H,6H2,1H3. The molecule has 14 heavy (non-hydrogen) atoms. The molecule has 0 aliphatic carbocycles. The third kappa shape index (κ3) is 1.53. The van der Waals surface area contributed by atoms with Gasteiger partial charge in [-0.05, 0) is 18.1 Å². The maximum absolute atomic E-state index is 5.85. The summed E-state index contributed by atoms with van der Waals surface area (Å²) in [5, 5.41) is 3.85. The monoisotopic (exact) mass is 207 g/mol. The molecule has 0 unspecified atom stereocenters. The van der Waals surface area contributed by atoms with E-state index in [2.05, 4.69) is 5.16 Å². The normalized spacial score (nSPS) is 10.4. The van der Waals surface area contributed by atoms with E-state index in [0.29, 0.717) is 5.88 Å². The van der Waals surface area contributed by atoms with E-state index in [1.165, 1.54) is 0 Å². The van der Waals surface area contributed by atoms with E-state index in [1.807, 2.05) is 31.2 Å². The molecule has 0 N–H and O–H groups in total. The van der Waals surface area contributed by atoms with Crippen molar-refractivity contribution in [2.45, 2.75) is 12.8 Å². The largest absolute Gasteiger partial charge is 0.364 e. The van der Waals surface area contributed by atoms with Gasteiger partial charge < -0.3 is 4.52 Å². The van der Waals surface area contributed by atoms with Crippen molar-refractivity contribution in [2.75, 3.05) is 0 Å². The van der Waals surface area contributed by atoms with E-state index in [4.69, 9.17) is 16.1 Å². The summed E-state index contributed by atoms with van der Waals surface area (Å²) in [6.07, 6.45) is 1.65. The first-order chi connectivity index (χ1) is 6.83. The molecular weight excluding hydrogens is 198 g/mol. The van der Waals surface area contributed by atoms with Crippen LogP contribution in [0.4, 0.5) is 0 Å².